The summed E-state index contributed by atoms with van der Waals surface area (Å²) in [6, 6.07) is 11.0. The van der Waals surface area contributed by atoms with Crippen LogP contribution in [-0.4, -0.2) is 25.3 Å². The van der Waals surface area contributed by atoms with E-state index in [4.69, 9.17) is 0 Å². The van der Waals surface area contributed by atoms with E-state index >= 15 is 0 Å². The lowest BCUT2D eigenvalue weighted by atomic mass is 10.1. The maximum atomic E-state index is 12.7. The number of nitrogens with zero attached hydrogens (tertiary/aromatic N) is 5. The van der Waals surface area contributed by atoms with E-state index in [1.165, 1.54) is 12.3 Å². The molecule has 3 aromatic rings. The summed E-state index contributed by atoms with van der Waals surface area (Å²) in [6.45, 7) is 0.0537. The third kappa shape index (κ3) is 3.04. The van der Waals surface area contributed by atoms with Gasteiger partial charge in [0, 0.05) is 23.9 Å². The van der Waals surface area contributed by atoms with E-state index in [-0.39, 0.29) is 29.7 Å². The summed E-state index contributed by atoms with van der Waals surface area (Å²) in [4.78, 5) is 40.5. The van der Waals surface area contributed by atoms with Gasteiger partial charge in [-0.1, -0.05) is 24.3 Å². The number of nitro groups is 2. The summed E-state index contributed by atoms with van der Waals surface area (Å²) in [5, 5.41) is 23.0. The lowest BCUT2D eigenvalue weighted by molar-refractivity contribution is -0.386. The molecule has 0 saturated heterocycles. The molecule has 1 saturated carbocycles. The van der Waals surface area contributed by atoms with Gasteiger partial charge in [-0.05, 0) is 25.0 Å². The highest BCUT2D eigenvalue weighted by Crippen LogP contribution is 2.36. The van der Waals surface area contributed by atoms with Crippen LogP contribution < -0.4 is 10.5 Å². The molecule has 0 unspecified atom stereocenters. The van der Waals surface area contributed by atoms with E-state index in [1.807, 2.05) is 0 Å². The summed E-state index contributed by atoms with van der Waals surface area (Å²) in [7, 11) is 0. The summed E-state index contributed by atoms with van der Waals surface area (Å²) in [6.07, 6.45) is 2.96. The van der Waals surface area contributed by atoms with Crippen LogP contribution in [0.25, 0.3) is 5.65 Å². The van der Waals surface area contributed by atoms with E-state index < -0.39 is 21.1 Å². The minimum Gasteiger partial charge on any atom is -0.343 e. The Bertz CT molecular complexity index is 1150. The molecule has 1 aliphatic rings. The average molecular weight is 381 g/mol. The van der Waals surface area contributed by atoms with E-state index in [0.717, 1.165) is 17.2 Å². The SMILES string of the molecule is O=c1c([N+](=O)[O-])c(N(Cc2ccccc2[N+](=O)[O-])C2CC2)nc2ccccn12. The second-order valence-electron chi connectivity index (χ2n) is 6.52. The predicted octanol–water partition coefficient (Wildman–Crippen LogP) is 2.68. The molecule has 1 aliphatic carbocycles. The van der Waals surface area contributed by atoms with E-state index in [9.17, 15) is 25.0 Å². The van der Waals surface area contributed by atoms with Gasteiger partial charge in [-0.25, -0.2) is 4.98 Å². The molecule has 4 rings (SSSR count). The van der Waals surface area contributed by atoms with Crippen LogP contribution >= 0.6 is 0 Å². The van der Waals surface area contributed by atoms with Crippen LogP contribution in [0.15, 0.2) is 53.5 Å². The Kier molecular flexibility index (Phi) is 4.22. The predicted molar refractivity (Wildman–Crippen MR) is 100 cm³/mol. The lowest BCUT2D eigenvalue weighted by Gasteiger charge is -2.23. The second kappa shape index (κ2) is 6.72. The van der Waals surface area contributed by atoms with Gasteiger partial charge in [-0.3, -0.25) is 29.4 Å². The highest BCUT2D eigenvalue weighted by Gasteiger charge is 2.37. The number of aromatic nitrogens is 2. The molecule has 0 spiro atoms. The summed E-state index contributed by atoms with van der Waals surface area (Å²) in [5.41, 5.74) is -0.800. The highest BCUT2D eigenvalue weighted by molar-refractivity contribution is 5.63. The lowest BCUT2D eigenvalue weighted by Crippen LogP contribution is -2.31. The molecule has 2 aromatic heterocycles. The number of benzene rings is 1. The normalized spacial score (nSPS) is 13.4. The Labute approximate surface area is 158 Å². The van der Waals surface area contributed by atoms with Crippen molar-refractivity contribution in [3.8, 4) is 0 Å². The minimum atomic E-state index is -0.779. The van der Waals surface area contributed by atoms with Gasteiger partial charge in [-0.2, -0.15) is 0 Å². The van der Waals surface area contributed by atoms with Gasteiger partial charge in [0.05, 0.1) is 16.4 Å². The number of anilines is 1. The number of nitro benzene ring substituents is 1. The van der Waals surface area contributed by atoms with E-state index in [0.29, 0.717) is 5.56 Å². The quantitative estimate of drug-likeness (QED) is 0.475. The van der Waals surface area contributed by atoms with Crippen molar-refractivity contribution in [3.05, 3.63) is 84.8 Å². The Morgan fingerprint density at radius 3 is 2.46 bits per heavy atom. The van der Waals surface area contributed by atoms with Crippen molar-refractivity contribution in [2.75, 3.05) is 4.90 Å². The summed E-state index contributed by atoms with van der Waals surface area (Å²) >= 11 is 0. The molecule has 0 bridgehead atoms. The van der Waals surface area contributed by atoms with Crippen molar-refractivity contribution >= 4 is 22.8 Å². The molecule has 0 amide bonds. The van der Waals surface area contributed by atoms with E-state index in [2.05, 4.69) is 4.98 Å². The van der Waals surface area contributed by atoms with Crippen molar-refractivity contribution in [1.29, 1.82) is 0 Å². The third-order valence-corrected chi connectivity index (χ3v) is 4.66. The molecule has 1 aromatic carbocycles. The zero-order chi connectivity index (χ0) is 19.8. The molecule has 0 radical (unpaired) electrons. The van der Waals surface area contributed by atoms with Crippen molar-refractivity contribution < 1.29 is 9.85 Å². The van der Waals surface area contributed by atoms with Gasteiger partial charge in [-0.15, -0.1) is 0 Å². The monoisotopic (exact) mass is 381 g/mol. The molecule has 0 atom stereocenters. The first-order valence-corrected chi connectivity index (χ1v) is 8.62. The topological polar surface area (TPSA) is 124 Å². The molecule has 28 heavy (non-hydrogen) atoms. The van der Waals surface area contributed by atoms with Gasteiger partial charge in [0.15, 0.2) is 0 Å². The fraction of sp³-hybridized carbons (Fsp3) is 0.222. The van der Waals surface area contributed by atoms with Gasteiger partial charge in [0.1, 0.15) is 5.65 Å². The van der Waals surface area contributed by atoms with Crippen LogP contribution in [0.4, 0.5) is 17.2 Å². The number of hydrogen-bond donors (Lipinski definition) is 0. The van der Waals surface area contributed by atoms with Crippen molar-refractivity contribution in [2.45, 2.75) is 25.4 Å². The molecule has 10 nitrogen and oxygen atoms in total. The smallest absolute Gasteiger partial charge is 0.343 e. The van der Waals surface area contributed by atoms with Crippen LogP contribution in [0.3, 0.4) is 0 Å². The average Bonchev–Trinajstić information content (AvgIpc) is 3.51. The first kappa shape index (κ1) is 17.6. The fourth-order valence-electron chi connectivity index (χ4n) is 3.20. The highest BCUT2D eigenvalue weighted by atomic mass is 16.6. The Hall–Kier alpha value is -3.82. The second-order valence-corrected chi connectivity index (χ2v) is 6.52. The fourth-order valence-corrected chi connectivity index (χ4v) is 3.20. The van der Waals surface area contributed by atoms with Gasteiger partial charge >= 0.3 is 11.2 Å². The van der Waals surface area contributed by atoms with Crippen molar-refractivity contribution in [2.24, 2.45) is 0 Å². The van der Waals surface area contributed by atoms with Crippen LogP contribution in [-0.2, 0) is 6.54 Å². The maximum absolute atomic E-state index is 12.7. The zero-order valence-electron chi connectivity index (χ0n) is 14.6. The largest absolute Gasteiger partial charge is 0.376 e. The summed E-state index contributed by atoms with van der Waals surface area (Å²) < 4.78 is 1.12. The first-order chi connectivity index (χ1) is 13.5. The number of pyridine rings is 1. The molecule has 10 heteroatoms. The minimum absolute atomic E-state index is 0.0537. The van der Waals surface area contributed by atoms with Crippen molar-refractivity contribution in [3.63, 3.8) is 0 Å². The van der Waals surface area contributed by atoms with Gasteiger partial charge < -0.3 is 4.90 Å². The molecule has 142 valence electrons. The molecule has 0 aliphatic heterocycles. The Morgan fingerprint density at radius 2 is 1.79 bits per heavy atom. The number of para-hydroxylation sites is 1. The van der Waals surface area contributed by atoms with Gasteiger partial charge in [0.2, 0.25) is 5.82 Å². The van der Waals surface area contributed by atoms with Crippen LogP contribution in [0.5, 0.6) is 0 Å². The van der Waals surface area contributed by atoms with Crippen molar-refractivity contribution in [1.82, 2.24) is 9.38 Å². The van der Waals surface area contributed by atoms with Crippen LogP contribution in [0.2, 0.25) is 0 Å². The van der Waals surface area contributed by atoms with Crippen LogP contribution in [0, 0.1) is 20.2 Å². The Balaban J connectivity index is 1.89. The van der Waals surface area contributed by atoms with Gasteiger partial charge in [0.25, 0.3) is 5.69 Å². The molecule has 1 fully saturated rings. The number of fused-ring (bicyclic) bond motifs is 1. The molecule has 2 heterocycles. The zero-order valence-corrected chi connectivity index (χ0v) is 14.6. The standard InChI is InChI=1S/C18H15N5O5/c24-18-16(23(27)28)17(19-15-7-3-4-10-20(15)18)21(13-8-9-13)11-12-5-1-2-6-14(12)22(25)26/h1-7,10,13H,8-9,11H2. The third-order valence-electron chi connectivity index (χ3n) is 4.66. The Morgan fingerprint density at radius 1 is 1.07 bits per heavy atom. The molecular formula is C18H15N5O5. The summed E-state index contributed by atoms with van der Waals surface area (Å²) in [5.74, 6) is -0.0538. The molecule has 0 N–H and O–H groups in total. The maximum Gasteiger partial charge on any atom is 0.376 e. The van der Waals surface area contributed by atoms with E-state index in [1.54, 1.807) is 41.3 Å². The molecular weight excluding hydrogens is 366 g/mol. The number of rotatable bonds is 6. The van der Waals surface area contributed by atoms with Crippen LogP contribution in [0.1, 0.15) is 18.4 Å². The number of hydrogen-bond acceptors (Lipinski definition) is 7. The first-order valence-electron chi connectivity index (χ1n) is 8.62.